The Morgan fingerprint density at radius 1 is 1.12 bits per heavy atom. The molecule has 0 radical (unpaired) electrons. The topological polar surface area (TPSA) is 77.8 Å². The van der Waals surface area contributed by atoms with Crippen LogP contribution in [0.1, 0.15) is 52.9 Å². The Hall–Kier alpha value is -2.15. The van der Waals surface area contributed by atoms with Crippen LogP contribution >= 0.6 is 0 Å². The van der Waals surface area contributed by atoms with Gasteiger partial charge in [0.15, 0.2) is 5.78 Å². The fourth-order valence-corrected chi connectivity index (χ4v) is 2.90. The molecular formula is C18H28N2O5. The van der Waals surface area contributed by atoms with Crippen molar-refractivity contribution in [1.29, 1.82) is 0 Å². The highest BCUT2D eigenvalue weighted by Crippen LogP contribution is 2.24. The third-order valence-electron chi connectivity index (χ3n) is 4.27. The first-order valence-corrected chi connectivity index (χ1v) is 8.04. The summed E-state index contributed by atoms with van der Waals surface area (Å²) in [5.74, 6) is -0.979. The molecule has 1 aromatic heterocycles. The molecular weight excluding hydrogens is 324 g/mol. The van der Waals surface area contributed by atoms with Crippen LogP contribution in [0.15, 0.2) is 0 Å². The number of carbonyl (C=O) groups is 3. The standard InChI is InChI=1S/C18H28N2O5/c1-11-15(12(2)19(6)16(11)17(23)25-8)13(21)9-20(18(3,4)5)14(22)10-24-7/h9-10H2,1-8H3. The summed E-state index contributed by atoms with van der Waals surface area (Å²) in [6.45, 7) is 8.88. The number of aromatic nitrogens is 1. The summed E-state index contributed by atoms with van der Waals surface area (Å²) in [6, 6.07) is 0. The maximum Gasteiger partial charge on any atom is 0.354 e. The van der Waals surface area contributed by atoms with Gasteiger partial charge < -0.3 is 18.9 Å². The molecule has 7 heteroatoms. The van der Waals surface area contributed by atoms with E-state index in [1.807, 2.05) is 20.8 Å². The van der Waals surface area contributed by atoms with Gasteiger partial charge >= 0.3 is 5.97 Å². The summed E-state index contributed by atoms with van der Waals surface area (Å²) >= 11 is 0. The maximum absolute atomic E-state index is 12.9. The Bertz CT molecular complexity index is 683. The Kier molecular flexibility index (Phi) is 6.54. The van der Waals surface area contributed by atoms with E-state index >= 15 is 0 Å². The Labute approximate surface area is 148 Å². The highest BCUT2D eigenvalue weighted by molar-refractivity contribution is 6.04. The fourth-order valence-electron chi connectivity index (χ4n) is 2.90. The molecule has 1 aromatic rings. The van der Waals surface area contributed by atoms with E-state index in [0.29, 0.717) is 22.5 Å². The van der Waals surface area contributed by atoms with Crippen LogP contribution in [0.5, 0.6) is 0 Å². The molecule has 0 saturated carbocycles. The van der Waals surface area contributed by atoms with Crippen molar-refractivity contribution in [2.45, 2.75) is 40.2 Å². The fraction of sp³-hybridized carbons (Fsp3) is 0.611. The Morgan fingerprint density at radius 3 is 2.12 bits per heavy atom. The zero-order valence-electron chi connectivity index (χ0n) is 16.3. The van der Waals surface area contributed by atoms with Crippen LogP contribution in [0.2, 0.25) is 0 Å². The molecule has 0 aliphatic carbocycles. The van der Waals surface area contributed by atoms with E-state index in [9.17, 15) is 14.4 Å². The van der Waals surface area contributed by atoms with E-state index in [-0.39, 0.29) is 24.8 Å². The number of nitrogens with zero attached hydrogens (tertiary/aromatic N) is 2. The van der Waals surface area contributed by atoms with Gasteiger partial charge in [-0.25, -0.2) is 4.79 Å². The third-order valence-corrected chi connectivity index (χ3v) is 4.27. The van der Waals surface area contributed by atoms with Crippen LogP contribution < -0.4 is 0 Å². The molecule has 0 saturated heterocycles. The molecule has 1 rings (SSSR count). The van der Waals surface area contributed by atoms with Gasteiger partial charge in [0, 0.05) is 31.0 Å². The van der Waals surface area contributed by atoms with Crippen LogP contribution in [-0.2, 0) is 21.3 Å². The number of methoxy groups -OCH3 is 2. The number of hydrogen-bond donors (Lipinski definition) is 0. The smallest absolute Gasteiger partial charge is 0.354 e. The normalized spacial score (nSPS) is 11.4. The summed E-state index contributed by atoms with van der Waals surface area (Å²) < 4.78 is 11.4. The average Bonchev–Trinajstić information content (AvgIpc) is 2.73. The number of ether oxygens (including phenoxy) is 2. The largest absolute Gasteiger partial charge is 0.464 e. The first kappa shape index (κ1) is 20.9. The number of hydrogen-bond acceptors (Lipinski definition) is 5. The van der Waals surface area contributed by atoms with E-state index in [1.54, 1.807) is 25.5 Å². The van der Waals surface area contributed by atoms with Crippen LogP contribution in [-0.4, -0.2) is 60.0 Å². The van der Waals surface area contributed by atoms with Crippen molar-refractivity contribution in [2.75, 3.05) is 27.4 Å². The van der Waals surface area contributed by atoms with Crippen molar-refractivity contribution < 1.29 is 23.9 Å². The van der Waals surface area contributed by atoms with Gasteiger partial charge in [-0.3, -0.25) is 9.59 Å². The number of ketones is 1. The van der Waals surface area contributed by atoms with Gasteiger partial charge in [0.2, 0.25) is 5.91 Å². The van der Waals surface area contributed by atoms with Crippen molar-refractivity contribution in [1.82, 2.24) is 9.47 Å². The van der Waals surface area contributed by atoms with Crippen molar-refractivity contribution in [2.24, 2.45) is 7.05 Å². The minimum Gasteiger partial charge on any atom is -0.464 e. The second kappa shape index (κ2) is 7.82. The highest BCUT2D eigenvalue weighted by Gasteiger charge is 2.31. The minimum absolute atomic E-state index is 0.0853. The second-order valence-electron chi connectivity index (χ2n) is 6.99. The molecule has 140 valence electrons. The first-order chi connectivity index (χ1) is 11.5. The van der Waals surface area contributed by atoms with Gasteiger partial charge in [0.05, 0.1) is 13.7 Å². The predicted octanol–water partition coefficient (Wildman–Crippen LogP) is 1.88. The average molecular weight is 352 g/mol. The number of Topliss-reactive ketones (excluding diaryl/α,β-unsaturated/α-hetero) is 1. The molecule has 1 amide bonds. The van der Waals surface area contributed by atoms with Gasteiger partial charge in [-0.1, -0.05) is 0 Å². The SMILES string of the molecule is COCC(=O)N(CC(=O)c1c(C)c(C(=O)OC)n(C)c1C)C(C)(C)C. The monoisotopic (exact) mass is 352 g/mol. The summed E-state index contributed by atoms with van der Waals surface area (Å²) in [4.78, 5) is 38.7. The lowest BCUT2D eigenvalue weighted by Crippen LogP contribution is -2.49. The van der Waals surface area contributed by atoms with Gasteiger partial charge in [-0.2, -0.15) is 0 Å². The van der Waals surface area contributed by atoms with E-state index in [2.05, 4.69) is 0 Å². The van der Waals surface area contributed by atoms with Gasteiger partial charge in [0.25, 0.3) is 0 Å². The summed E-state index contributed by atoms with van der Waals surface area (Å²) in [7, 11) is 4.45. The predicted molar refractivity (Wildman–Crippen MR) is 93.9 cm³/mol. The maximum atomic E-state index is 12.9. The summed E-state index contributed by atoms with van der Waals surface area (Å²) in [5.41, 5.74) is 1.48. The zero-order chi connectivity index (χ0) is 19.5. The van der Waals surface area contributed by atoms with E-state index < -0.39 is 11.5 Å². The molecule has 0 N–H and O–H groups in total. The first-order valence-electron chi connectivity index (χ1n) is 8.04. The molecule has 0 aliphatic rings. The molecule has 0 atom stereocenters. The van der Waals surface area contributed by atoms with Crippen LogP contribution in [0.4, 0.5) is 0 Å². The molecule has 0 fully saturated rings. The lowest BCUT2D eigenvalue weighted by molar-refractivity contribution is -0.139. The van der Waals surface area contributed by atoms with E-state index in [1.165, 1.54) is 19.1 Å². The lowest BCUT2D eigenvalue weighted by atomic mass is 10.0. The quantitative estimate of drug-likeness (QED) is 0.577. The van der Waals surface area contributed by atoms with Crippen LogP contribution in [0, 0.1) is 13.8 Å². The van der Waals surface area contributed by atoms with Gasteiger partial charge in [-0.15, -0.1) is 0 Å². The molecule has 0 aromatic carbocycles. The molecule has 25 heavy (non-hydrogen) atoms. The van der Waals surface area contributed by atoms with Crippen molar-refractivity contribution in [3.8, 4) is 0 Å². The second-order valence-corrected chi connectivity index (χ2v) is 6.99. The molecule has 0 unspecified atom stereocenters. The number of amides is 1. The minimum atomic E-state index is -0.535. The summed E-state index contributed by atoms with van der Waals surface area (Å²) in [6.07, 6.45) is 0. The van der Waals surface area contributed by atoms with Crippen LogP contribution in [0.25, 0.3) is 0 Å². The van der Waals surface area contributed by atoms with Crippen molar-refractivity contribution in [3.63, 3.8) is 0 Å². The number of rotatable bonds is 6. The lowest BCUT2D eigenvalue weighted by Gasteiger charge is -2.35. The van der Waals surface area contributed by atoms with E-state index in [4.69, 9.17) is 9.47 Å². The molecule has 7 nitrogen and oxygen atoms in total. The highest BCUT2D eigenvalue weighted by atomic mass is 16.5. The molecule has 0 aliphatic heterocycles. The third kappa shape index (κ3) is 4.28. The molecule has 0 bridgehead atoms. The van der Waals surface area contributed by atoms with Crippen molar-refractivity contribution in [3.05, 3.63) is 22.5 Å². The Balaban J connectivity index is 3.27. The van der Waals surface area contributed by atoms with E-state index in [0.717, 1.165) is 0 Å². The zero-order valence-corrected chi connectivity index (χ0v) is 16.3. The number of carbonyl (C=O) groups excluding carboxylic acids is 3. The summed E-state index contributed by atoms with van der Waals surface area (Å²) in [5, 5.41) is 0. The molecule has 0 spiro atoms. The van der Waals surface area contributed by atoms with Crippen molar-refractivity contribution >= 4 is 17.7 Å². The Morgan fingerprint density at radius 2 is 1.68 bits per heavy atom. The van der Waals surface area contributed by atoms with Crippen LogP contribution in [0.3, 0.4) is 0 Å². The van der Waals surface area contributed by atoms with Gasteiger partial charge in [0.1, 0.15) is 12.3 Å². The number of esters is 1. The van der Waals surface area contributed by atoms with Gasteiger partial charge in [-0.05, 0) is 40.2 Å². The molecule has 1 heterocycles.